The lowest BCUT2D eigenvalue weighted by Crippen LogP contribution is -2.36. The van der Waals surface area contributed by atoms with Crippen molar-refractivity contribution in [2.45, 2.75) is 12.5 Å². The Kier molecular flexibility index (Phi) is 5.11. The molecule has 2 amide bonds. The zero-order valence-electron chi connectivity index (χ0n) is 11.3. The third kappa shape index (κ3) is 4.47. The van der Waals surface area contributed by atoms with Gasteiger partial charge in [0.25, 0.3) is 0 Å². The molecule has 3 N–H and O–H groups in total. The predicted octanol–water partition coefficient (Wildman–Crippen LogP) is 1.46. The van der Waals surface area contributed by atoms with E-state index < -0.39 is 17.9 Å². The summed E-state index contributed by atoms with van der Waals surface area (Å²) >= 11 is 0. The quantitative estimate of drug-likeness (QED) is 0.726. The smallest absolute Gasteiger partial charge is 0.313 e. The van der Waals surface area contributed by atoms with Crippen molar-refractivity contribution in [2.75, 3.05) is 11.9 Å². The fourth-order valence-electron chi connectivity index (χ4n) is 1.74. The number of rotatable bonds is 5. The maximum absolute atomic E-state index is 11.6. The lowest BCUT2D eigenvalue weighted by molar-refractivity contribution is -0.136. The maximum atomic E-state index is 11.6. The Balaban J connectivity index is 1.73. The van der Waals surface area contributed by atoms with Gasteiger partial charge < -0.3 is 20.2 Å². The number of hydrogen-bond acceptors (Lipinski definition) is 4. The number of benzene rings is 1. The fraction of sp³-hybridized carbons (Fsp3) is 0.200. The van der Waals surface area contributed by atoms with Crippen LogP contribution in [-0.2, 0) is 9.59 Å². The molecule has 0 saturated carbocycles. The second-order valence-corrected chi connectivity index (χ2v) is 4.40. The summed E-state index contributed by atoms with van der Waals surface area (Å²) in [7, 11) is 0. The number of furan rings is 1. The summed E-state index contributed by atoms with van der Waals surface area (Å²) in [5, 5.41) is 14.7. The molecule has 0 aliphatic carbocycles. The molecule has 0 unspecified atom stereocenters. The van der Waals surface area contributed by atoms with Crippen LogP contribution < -0.4 is 10.6 Å². The molecule has 2 rings (SSSR count). The van der Waals surface area contributed by atoms with Crippen LogP contribution in [0.4, 0.5) is 5.69 Å². The maximum Gasteiger partial charge on any atom is 0.313 e. The molecule has 0 saturated heterocycles. The first-order chi connectivity index (χ1) is 10.2. The van der Waals surface area contributed by atoms with Crippen LogP contribution in [0.1, 0.15) is 18.3 Å². The minimum Gasteiger partial charge on any atom is -0.467 e. The van der Waals surface area contributed by atoms with Gasteiger partial charge in [-0.05, 0) is 30.7 Å². The van der Waals surface area contributed by atoms with Gasteiger partial charge >= 0.3 is 11.8 Å². The van der Waals surface area contributed by atoms with Gasteiger partial charge in [-0.15, -0.1) is 0 Å². The van der Waals surface area contributed by atoms with Gasteiger partial charge in [-0.1, -0.05) is 18.2 Å². The molecule has 1 atom stereocenters. The largest absolute Gasteiger partial charge is 0.467 e. The molecule has 0 fully saturated rings. The van der Waals surface area contributed by atoms with E-state index in [4.69, 9.17) is 4.42 Å². The van der Waals surface area contributed by atoms with Gasteiger partial charge in [0, 0.05) is 12.2 Å². The zero-order chi connectivity index (χ0) is 15.1. The zero-order valence-corrected chi connectivity index (χ0v) is 11.3. The van der Waals surface area contributed by atoms with Gasteiger partial charge in [0.2, 0.25) is 0 Å². The van der Waals surface area contributed by atoms with Gasteiger partial charge in [0.05, 0.1) is 6.26 Å². The van der Waals surface area contributed by atoms with Gasteiger partial charge in [0.15, 0.2) is 0 Å². The number of para-hydroxylation sites is 1. The Morgan fingerprint density at radius 1 is 1.10 bits per heavy atom. The Morgan fingerprint density at radius 3 is 2.52 bits per heavy atom. The molecule has 110 valence electrons. The second-order valence-electron chi connectivity index (χ2n) is 4.40. The minimum atomic E-state index is -0.808. The molecule has 0 spiro atoms. The Hall–Kier alpha value is -2.60. The van der Waals surface area contributed by atoms with Crippen molar-refractivity contribution in [3.8, 4) is 0 Å². The third-order valence-electron chi connectivity index (χ3n) is 2.81. The van der Waals surface area contributed by atoms with E-state index in [2.05, 4.69) is 10.6 Å². The molecule has 1 aromatic heterocycles. The summed E-state index contributed by atoms with van der Waals surface area (Å²) < 4.78 is 5.04. The standard InChI is InChI=1S/C15H16N2O4/c18-12(13-7-4-10-21-13)8-9-16-14(19)15(20)17-11-5-2-1-3-6-11/h1-7,10,12,18H,8-9H2,(H,16,19)(H,17,20)/t12-/m1/s1. The summed E-state index contributed by atoms with van der Waals surface area (Å²) in [6.45, 7) is 0.170. The Labute approximate surface area is 121 Å². The van der Waals surface area contributed by atoms with Crippen LogP contribution in [0.15, 0.2) is 53.1 Å². The average molecular weight is 288 g/mol. The van der Waals surface area contributed by atoms with Crippen molar-refractivity contribution < 1.29 is 19.1 Å². The van der Waals surface area contributed by atoms with Crippen LogP contribution in [0.25, 0.3) is 0 Å². The Bertz CT molecular complexity index is 581. The van der Waals surface area contributed by atoms with E-state index in [0.717, 1.165) is 0 Å². The van der Waals surface area contributed by atoms with Gasteiger partial charge in [-0.2, -0.15) is 0 Å². The van der Waals surface area contributed by atoms with E-state index in [9.17, 15) is 14.7 Å². The van der Waals surface area contributed by atoms with Crippen molar-refractivity contribution in [2.24, 2.45) is 0 Å². The lowest BCUT2D eigenvalue weighted by atomic mass is 10.2. The van der Waals surface area contributed by atoms with Crippen molar-refractivity contribution in [1.29, 1.82) is 0 Å². The van der Waals surface area contributed by atoms with Crippen molar-refractivity contribution in [3.05, 3.63) is 54.5 Å². The monoisotopic (exact) mass is 288 g/mol. The molecular formula is C15H16N2O4. The number of anilines is 1. The fourth-order valence-corrected chi connectivity index (χ4v) is 1.74. The number of carbonyl (C=O) groups excluding carboxylic acids is 2. The highest BCUT2D eigenvalue weighted by Gasteiger charge is 2.15. The number of aliphatic hydroxyl groups excluding tert-OH is 1. The van der Waals surface area contributed by atoms with E-state index in [-0.39, 0.29) is 13.0 Å². The van der Waals surface area contributed by atoms with E-state index in [1.165, 1.54) is 6.26 Å². The van der Waals surface area contributed by atoms with Crippen LogP contribution >= 0.6 is 0 Å². The molecule has 6 heteroatoms. The summed E-state index contributed by atoms with van der Waals surface area (Å²) in [5.41, 5.74) is 0.549. The van der Waals surface area contributed by atoms with Gasteiger partial charge in [-0.3, -0.25) is 9.59 Å². The molecule has 2 aromatic rings. The van der Waals surface area contributed by atoms with Gasteiger partial charge in [0.1, 0.15) is 11.9 Å². The summed E-state index contributed by atoms with van der Waals surface area (Å²) in [6, 6.07) is 12.0. The molecule has 6 nitrogen and oxygen atoms in total. The SMILES string of the molecule is O=C(NCC[C@@H](O)c1ccco1)C(=O)Nc1ccccc1. The van der Waals surface area contributed by atoms with Crippen LogP contribution in [0.5, 0.6) is 0 Å². The lowest BCUT2D eigenvalue weighted by Gasteiger charge is -2.09. The molecule has 0 bridgehead atoms. The highest BCUT2D eigenvalue weighted by atomic mass is 16.4. The van der Waals surface area contributed by atoms with E-state index in [0.29, 0.717) is 11.4 Å². The van der Waals surface area contributed by atoms with Crippen LogP contribution in [0, 0.1) is 0 Å². The third-order valence-corrected chi connectivity index (χ3v) is 2.81. The summed E-state index contributed by atoms with van der Waals surface area (Å²) in [5.74, 6) is -1.06. The Morgan fingerprint density at radius 2 is 1.86 bits per heavy atom. The van der Waals surface area contributed by atoms with E-state index in [1.54, 1.807) is 36.4 Å². The van der Waals surface area contributed by atoms with Crippen LogP contribution in [0.2, 0.25) is 0 Å². The number of amides is 2. The minimum absolute atomic E-state index is 0.170. The van der Waals surface area contributed by atoms with Crippen molar-refractivity contribution >= 4 is 17.5 Å². The van der Waals surface area contributed by atoms with Crippen LogP contribution in [0.3, 0.4) is 0 Å². The van der Waals surface area contributed by atoms with Gasteiger partial charge in [-0.25, -0.2) is 0 Å². The molecule has 0 aliphatic heterocycles. The molecule has 1 heterocycles. The second kappa shape index (κ2) is 7.25. The highest BCUT2D eigenvalue weighted by Crippen LogP contribution is 2.15. The molecule has 21 heavy (non-hydrogen) atoms. The van der Waals surface area contributed by atoms with Crippen molar-refractivity contribution in [3.63, 3.8) is 0 Å². The first kappa shape index (κ1) is 14.8. The average Bonchev–Trinajstić information content (AvgIpc) is 3.02. The molecular weight excluding hydrogens is 272 g/mol. The topological polar surface area (TPSA) is 91.6 Å². The molecule has 0 aliphatic rings. The number of hydrogen-bond donors (Lipinski definition) is 3. The predicted molar refractivity (Wildman–Crippen MR) is 76.4 cm³/mol. The molecule has 1 aromatic carbocycles. The van der Waals surface area contributed by atoms with Crippen LogP contribution in [-0.4, -0.2) is 23.5 Å². The highest BCUT2D eigenvalue weighted by molar-refractivity contribution is 6.39. The number of carbonyl (C=O) groups is 2. The van der Waals surface area contributed by atoms with Crippen molar-refractivity contribution in [1.82, 2.24) is 5.32 Å². The number of aliphatic hydroxyl groups is 1. The summed E-state index contributed by atoms with van der Waals surface area (Å²) in [6.07, 6.45) is 0.917. The number of nitrogens with one attached hydrogen (secondary N) is 2. The first-order valence-electron chi connectivity index (χ1n) is 6.52. The first-order valence-corrected chi connectivity index (χ1v) is 6.52. The van der Waals surface area contributed by atoms with E-state index in [1.807, 2.05) is 6.07 Å². The van der Waals surface area contributed by atoms with E-state index >= 15 is 0 Å². The summed E-state index contributed by atoms with van der Waals surface area (Å²) in [4.78, 5) is 23.2. The normalized spacial score (nSPS) is 11.7. The molecule has 0 radical (unpaired) electrons.